The Hall–Kier alpha value is -2.10. The summed E-state index contributed by atoms with van der Waals surface area (Å²) in [5, 5.41) is 0. The molecule has 7 heteroatoms. The quantitative estimate of drug-likeness (QED) is 0.427. The van der Waals surface area contributed by atoms with Crippen LogP contribution in [0.3, 0.4) is 0 Å². The summed E-state index contributed by atoms with van der Waals surface area (Å²) in [6.45, 7) is 12.1. The number of rotatable bonds is 5. The second-order valence-electron chi connectivity index (χ2n) is 5.15. The molecule has 0 aliphatic rings. The van der Waals surface area contributed by atoms with E-state index in [1.807, 2.05) is 0 Å². The van der Waals surface area contributed by atoms with Gasteiger partial charge >= 0.3 is 23.4 Å². The fraction of sp³-hybridized carbons (Fsp3) is 0.692. The zero-order valence-corrected chi connectivity index (χ0v) is 12.3. The first-order valence-corrected chi connectivity index (χ1v) is 5.86. The number of hydrogen-bond acceptors (Lipinski definition) is 6. The maximum atomic E-state index is 12.2. The molecule has 0 aromatic carbocycles. The molecular weight excluding hydrogens is 266 g/mol. The highest BCUT2D eigenvalue weighted by Gasteiger charge is 2.53. The van der Waals surface area contributed by atoms with E-state index in [4.69, 9.17) is 11.3 Å². The van der Waals surface area contributed by atoms with E-state index in [0.717, 1.165) is 14.2 Å². The van der Waals surface area contributed by atoms with E-state index in [9.17, 15) is 14.4 Å². The number of esters is 3. The number of carbonyl (C=O) groups excluding carboxylic acids is 3. The molecule has 0 radical (unpaired) electrons. The third kappa shape index (κ3) is 5.26. The Labute approximate surface area is 118 Å². The summed E-state index contributed by atoms with van der Waals surface area (Å²) in [6.07, 6.45) is -1.14. The minimum Gasteiger partial charge on any atom is -0.469 e. The molecule has 0 atom stereocenters. The lowest BCUT2D eigenvalue weighted by atomic mass is 9.91. The molecule has 0 aliphatic carbocycles. The molecule has 0 saturated heterocycles. The largest absolute Gasteiger partial charge is 0.469 e. The third-order valence-corrected chi connectivity index (χ3v) is 2.32. The van der Waals surface area contributed by atoms with Gasteiger partial charge < -0.3 is 14.2 Å². The number of ether oxygens (including phenoxy) is 3. The highest BCUT2D eigenvalue weighted by Crippen LogP contribution is 2.27. The first-order chi connectivity index (χ1) is 9.10. The fourth-order valence-electron chi connectivity index (χ4n) is 1.33. The van der Waals surface area contributed by atoms with Crippen molar-refractivity contribution in [1.29, 1.82) is 0 Å². The van der Waals surface area contributed by atoms with Gasteiger partial charge in [0.15, 0.2) is 0 Å². The second kappa shape index (κ2) is 6.89. The Balaban J connectivity index is 5.41. The first kappa shape index (κ1) is 17.9. The lowest BCUT2D eigenvalue weighted by Crippen LogP contribution is -2.44. The summed E-state index contributed by atoms with van der Waals surface area (Å²) in [6, 6.07) is 0. The fourth-order valence-corrected chi connectivity index (χ4v) is 1.33. The molecule has 0 amide bonds. The number of hydrogen-bond donors (Lipinski definition) is 0. The molecule has 0 aliphatic heterocycles. The molecule has 0 fully saturated rings. The molecule has 0 aromatic rings. The van der Waals surface area contributed by atoms with E-state index in [1.165, 1.54) is 0 Å². The smallest absolute Gasteiger partial charge is 0.395 e. The SMILES string of the molecule is [C-]#[N+]C(CC(=O)OC)(CC(=O)OC)C(=O)OC(C)(C)C. The van der Waals surface area contributed by atoms with Crippen LogP contribution < -0.4 is 0 Å². The Morgan fingerprint density at radius 2 is 1.40 bits per heavy atom. The van der Waals surface area contributed by atoms with Crippen molar-refractivity contribution >= 4 is 17.9 Å². The summed E-state index contributed by atoms with van der Waals surface area (Å²) in [7, 11) is 2.26. The van der Waals surface area contributed by atoms with Gasteiger partial charge in [-0.05, 0) is 20.8 Å². The molecule has 0 N–H and O–H groups in total. The molecule has 0 rings (SSSR count). The number of carbonyl (C=O) groups is 3. The van der Waals surface area contributed by atoms with E-state index in [-0.39, 0.29) is 0 Å². The van der Waals surface area contributed by atoms with E-state index in [2.05, 4.69) is 14.3 Å². The van der Waals surface area contributed by atoms with Crippen LogP contribution in [0.1, 0.15) is 33.6 Å². The third-order valence-electron chi connectivity index (χ3n) is 2.32. The van der Waals surface area contributed by atoms with Crippen molar-refractivity contribution in [1.82, 2.24) is 0 Å². The average Bonchev–Trinajstić information content (AvgIpc) is 2.35. The second-order valence-corrected chi connectivity index (χ2v) is 5.15. The zero-order chi connectivity index (χ0) is 16.0. The van der Waals surface area contributed by atoms with Crippen molar-refractivity contribution in [3.8, 4) is 0 Å². The van der Waals surface area contributed by atoms with Crippen molar-refractivity contribution in [3.05, 3.63) is 11.4 Å². The summed E-state index contributed by atoms with van der Waals surface area (Å²) in [5.41, 5.74) is -2.81. The highest BCUT2D eigenvalue weighted by atomic mass is 16.6. The van der Waals surface area contributed by atoms with Crippen LogP contribution in [0.4, 0.5) is 0 Å². The Kier molecular flexibility index (Phi) is 6.17. The van der Waals surface area contributed by atoms with Gasteiger partial charge in [-0.25, -0.2) is 11.4 Å². The topological polar surface area (TPSA) is 83.3 Å². The van der Waals surface area contributed by atoms with Crippen LogP contribution in [0, 0.1) is 6.57 Å². The summed E-state index contributed by atoms with van der Waals surface area (Å²) in [4.78, 5) is 38.1. The van der Waals surface area contributed by atoms with Crippen LogP contribution in [0.2, 0.25) is 0 Å². The van der Waals surface area contributed by atoms with Crippen LogP contribution >= 0.6 is 0 Å². The van der Waals surface area contributed by atoms with Gasteiger partial charge in [0.2, 0.25) is 0 Å². The molecular formula is C13H19NO6. The number of nitrogens with zero attached hydrogens (tertiary/aromatic N) is 1. The van der Waals surface area contributed by atoms with Gasteiger partial charge in [0.1, 0.15) is 18.4 Å². The van der Waals surface area contributed by atoms with Crippen LogP contribution in [-0.2, 0) is 28.6 Å². The van der Waals surface area contributed by atoms with Gasteiger partial charge in [-0.2, -0.15) is 0 Å². The molecule has 20 heavy (non-hydrogen) atoms. The summed E-state index contributed by atoms with van der Waals surface area (Å²) < 4.78 is 14.0. The lowest BCUT2D eigenvalue weighted by molar-refractivity contribution is -0.166. The molecule has 112 valence electrons. The highest BCUT2D eigenvalue weighted by molar-refractivity contribution is 5.93. The van der Waals surface area contributed by atoms with Gasteiger partial charge in [-0.3, -0.25) is 14.4 Å². The van der Waals surface area contributed by atoms with E-state index < -0.39 is 41.9 Å². The molecule has 7 nitrogen and oxygen atoms in total. The van der Waals surface area contributed by atoms with Crippen LogP contribution in [-0.4, -0.2) is 43.3 Å². The maximum Gasteiger partial charge on any atom is 0.395 e. The van der Waals surface area contributed by atoms with Crippen molar-refractivity contribution in [2.45, 2.75) is 44.8 Å². The van der Waals surface area contributed by atoms with E-state index in [1.54, 1.807) is 20.8 Å². The molecule has 0 bridgehead atoms. The molecule has 0 spiro atoms. The van der Waals surface area contributed by atoms with Gasteiger partial charge in [0, 0.05) is 0 Å². The van der Waals surface area contributed by atoms with Crippen LogP contribution in [0.25, 0.3) is 4.85 Å². The Morgan fingerprint density at radius 3 is 1.65 bits per heavy atom. The lowest BCUT2D eigenvalue weighted by Gasteiger charge is -2.24. The van der Waals surface area contributed by atoms with Gasteiger partial charge in [0.05, 0.1) is 14.2 Å². The van der Waals surface area contributed by atoms with Gasteiger partial charge in [0.25, 0.3) is 0 Å². The summed E-state index contributed by atoms with van der Waals surface area (Å²) >= 11 is 0. The molecule has 0 aromatic heterocycles. The molecule has 0 unspecified atom stereocenters. The average molecular weight is 285 g/mol. The Bertz CT molecular complexity index is 411. The maximum absolute atomic E-state index is 12.2. The standard InChI is InChI=1S/C13H19NO6/c1-12(2,3)20-11(17)13(14-4,7-9(15)18-5)8-10(16)19-6/h7-8H2,1-3,5-6H3. The minimum absolute atomic E-state index is 0.572. The van der Waals surface area contributed by atoms with Gasteiger partial charge in [-0.15, -0.1) is 0 Å². The minimum atomic E-state index is -1.96. The summed E-state index contributed by atoms with van der Waals surface area (Å²) in [5.74, 6) is -2.51. The zero-order valence-electron chi connectivity index (χ0n) is 12.3. The van der Waals surface area contributed by atoms with Crippen molar-refractivity contribution in [3.63, 3.8) is 0 Å². The number of methoxy groups -OCH3 is 2. The predicted octanol–water partition coefficient (Wildman–Crippen LogP) is 1.11. The first-order valence-electron chi connectivity index (χ1n) is 5.86. The van der Waals surface area contributed by atoms with E-state index >= 15 is 0 Å². The van der Waals surface area contributed by atoms with Crippen molar-refractivity contribution in [2.75, 3.05) is 14.2 Å². The van der Waals surface area contributed by atoms with Crippen molar-refractivity contribution < 1.29 is 28.6 Å². The normalized spacial score (nSPS) is 11.2. The predicted molar refractivity (Wildman–Crippen MR) is 68.4 cm³/mol. The molecule has 0 heterocycles. The van der Waals surface area contributed by atoms with E-state index in [0.29, 0.717) is 0 Å². The molecule has 0 saturated carbocycles. The Morgan fingerprint density at radius 1 is 1.00 bits per heavy atom. The van der Waals surface area contributed by atoms with Crippen molar-refractivity contribution in [2.24, 2.45) is 0 Å². The van der Waals surface area contributed by atoms with Crippen LogP contribution in [0.5, 0.6) is 0 Å². The monoisotopic (exact) mass is 285 g/mol. The van der Waals surface area contributed by atoms with Gasteiger partial charge in [-0.1, -0.05) is 0 Å². The van der Waals surface area contributed by atoms with Crippen LogP contribution in [0.15, 0.2) is 0 Å².